The predicted octanol–water partition coefficient (Wildman–Crippen LogP) is 2.00. The van der Waals surface area contributed by atoms with Gasteiger partial charge in [0.25, 0.3) is 0 Å². The quantitative estimate of drug-likeness (QED) is 0.648. The highest BCUT2D eigenvalue weighted by molar-refractivity contribution is 5.38. The van der Waals surface area contributed by atoms with Gasteiger partial charge in [0.1, 0.15) is 5.82 Å². The van der Waals surface area contributed by atoms with Crippen LogP contribution in [0.1, 0.15) is 19.3 Å². The summed E-state index contributed by atoms with van der Waals surface area (Å²) in [5.74, 6) is 1.28. The first-order chi connectivity index (χ1) is 5.47. The predicted molar refractivity (Wildman–Crippen MR) is 46.9 cm³/mol. The Morgan fingerprint density at radius 3 is 2.64 bits per heavy atom. The third-order valence-electron chi connectivity index (χ3n) is 2.28. The molecule has 2 nitrogen and oxygen atoms in total. The Hall–Kier alpha value is -0.920. The standard InChI is InChI=1S/C9H14N2/c1-2-7-11(8-3-1)9-5-4-6-10-9/h4-6,10H,1-3,7-8H2. The number of piperidine rings is 1. The minimum atomic E-state index is 1.22. The Kier molecular flexibility index (Phi) is 1.84. The van der Waals surface area contributed by atoms with Gasteiger partial charge < -0.3 is 9.88 Å². The van der Waals surface area contributed by atoms with Gasteiger partial charge in [0.2, 0.25) is 0 Å². The summed E-state index contributed by atoms with van der Waals surface area (Å²) in [6.07, 6.45) is 6.08. The zero-order chi connectivity index (χ0) is 7.52. The number of aromatic amines is 1. The van der Waals surface area contributed by atoms with Crippen LogP contribution < -0.4 is 4.90 Å². The average molecular weight is 150 g/mol. The Morgan fingerprint density at radius 2 is 2.00 bits per heavy atom. The molecule has 2 heterocycles. The molecule has 1 N–H and O–H groups in total. The first-order valence-corrected chi connectivity index (χ1v) is 4.35. The van der Waals surface area contributed by atoms with E-state index in [4.69, 9.17) is 0 Å². The summed E-state index contributed by atoms with van der Waals surface area (Å²) in [6.45, 7) is 2.45. The molecule has 1 fully saturated rings. The molecule has 1 aliphatic rings. The maximum absolute atomic E-state index is 3.23. The summed E-state index contributed by atoms with van der Waals surface area (Å²) in [6, 6.07) is 4.20. The van der Waals surface area contributed by atoms with Crippen LogP contribution in [0.25, 0.3) is 0 Å². The van der Waals surface area contributed by atoms with Gasteiger partial charge in [0, 0.05) is 19.3 Å². The van der Waals surface area contributed by atoms with Crippen molar-refractivity contribution in [2.24, 2.45) is 0 Å². The molecule has 0 amide bonds. The zero-order valence-electron chi connectivity index (χ0n) is 6.71. The summed E-state index contributed by atoms with van der Waals surface area (Å²) in [4.78, 5) is 5.65. The molecule has 0 atom stereocenters. The second-order valence-electron chi connectivity index (χ2n) is 3.10. The molecule has 0 bridgehead atoms. The minimum Gasteiger partial charge on any atom is -0.358 e. The van der Waals surface area contributed by atoms with Gasteiger partial charge in [-0.15, -0.1) is 0 Å². The Morgan fingerprint density at radius 1 is 1.18 bits per heavy atom. The molecule has 0 saturated carbocycles. The number of hydrogen-bond donors (Lipinski definition) is 1. The number of nitrogens with zero attached hydrogens (tertiary/aromatic N) is 1. The normalized spacial score (nSPS) is 18.7. The van der Waals surface area contributed by atoms with Gasteiger partial charge >= 0.3 is 0 Å². The lowest BCUT2D eigenvalue weighted by molar-refractivity contribution is 0.574. The minimum absolute atomic E-state index is 1.22. The molecule has 1 aromatic rings. The van der Waals surface area contributed by atoms with Crippen molar-refractivity contribution < 1.29 is 0 Å². The van der Waals surface area contributed by atoms with Crippen LogP contribution in [0.4, 0.5) is 5.82 Å². The van der Waals surface area contributed by atoms with E-state index < -0.39 is 0 Å². The van der Waals surface area contributed by atoms with E-state index in [2.05, 4.69) is 22.0 Å². The van der Waals surface area contributed by atoms with E-state index in [0.29, 0.717) is 0 Å². The van der Waals surface area contributed by atoms with Gasteiger partial charge in [-0.05, 0) is 31.4 Å². The van der Waals surface area contributed by atoms with E-state index in [0.717, 1.165) is 0 Å². The molecule has 1 aliphatic heterocycles. The van der Waals surface area contributed by atoms with Gasteiger partial charge in [0.05, 0.1) is 0 Å². The van der Waals surface area contributed by atoms with Crippen LogP contribution in [0.15, 0.2) is 18.3 Å². The molecule has 0 aliphatic carbocycles. The molecule has 1 aromatic heterocycles. The van der Waals surface area contributed by atoms with Crippen molar-refractivity contribution in [1.82, 2.24) is 4.98 Å². The Labute approximate surface area is 67.2 Å². The third-order valence-corrected chi connectivity index (χ3v) is 2.28. The fraction of sp³-hybridized carbons (Fsp3) is 0.556. The fourth-order valence-electron chi connectivity index (χ4n) is 1.65. The van der Waals surface area contributed by atoms with Crippen molar-refractivity contribution in [3.05, 3.63) is 18.3 Å². The van der Waals surface area contributed by atoms with Crippen LogP contribution >= 0.6 is 0 Å². The number of aromatic nitrogens is 1. The Balaban J connectivity index is 2.04. The van der Waals surface area contributed by atoms with Crippen molar-refractivity contribution in [3.63, 3.8) is 0 Å². The number of H-pyrrole nitrogens is 1. The SMILES string of the molecule is c1c[nH]c(N2CCCCC2)c1. The van der Waals surface area contributed by atoms with Gasteiger partial charge in [0.15, 0.2) is 0 Å². The third kappa shape index (κ3) is 1.39. The molecule has 2 rings (SSSR count). The summed E-state index contributed by atoms with van der Waals surface area (Å²) in [5, 5.41) is 0. The van der Waals surface area contributed by atoms with Crippen molar-refractivity contribution in [2.45, 2.75) is 19.3 Å². The average Bonchev–Trinajstić information content (AvgIpc) is 2.58. The maximum atomic E-state index is 3.23. The lowest BCUT2D eigenvalue weighted by atomic mass is 10.1. The van der Waals surface area contributed by atoms with Gasteiger partial charge in [-0.3, -0.25) is 0 Å². The van der Waals surface area contributed by atoms with E-state index in [1.165, 1.54) is 38.2 Å². The van der Waals surface area contributed by atoms with Crippen molar-refractivity contribution in [1.29, 1.82) is 0 Å². The Bertz CT molecular complexity index is 197. The molecule has 1 saturated heterocycles. The van der Waals surface area contributed by atoms with Gasteiger partial charge in [-0.1, -0.05) is 0 Å². The summed E-state index contributed by atoms with van der Waals surface area (Å²) < 4.78 is 0. The number of anilines is 1. The maximum Gasteiger partial charge on any atom is 0.105 e. The van der Waals surface area contributed by atoms with E-state index in [1.54, 1.807) is 0 Å². The molecule has 11 heavy (non-hydrogen) atoms. The molecule has 0 aromatic carbocycles. The molecule has 0 radical (unpaired) electrons. The highest BCUT2D eigenvalue weighted by Crippen LogP contribution is 2.16. The summed E-state index contributed by atoms with van der Waals surface area (Å²) in [7, 11) is 0. The highest BCUT2D eigenvalue weighted by atomic mass is 15.2. The number of rotatable bonds is 1. The van der Waals surface area contributed by atoms with Crippen molar-refractivity contribution >= 4 is 5.82 Å². The largest absolute Gasteiger partial charge is 0.358 e. The van der Waals surface area contributed by atoms with Crippen LogP contribution in [0, 0.1) is 0 Å². The van der Waals surface area contributed by atoms with E-state index in [9.17, 15) is 0 Å². The highest BCUT2D eigenvalue weighted by Gasteiger charge is 2.10. The lowest BCUT2D eigenvalue weighted by Crippen LogP contribution is -2.29. The second-order valence-corrected chi connectivity index (χ2v) is 3.10. The van der Waals surface area contributed by atoms with Gasteiger partial charge in [-0.2, -0.15) is 0 Å². The van der Waals surface area contributed by atoms with Crippen LogP contribution in [0.5, 0.6) is 0 Å². The van der Waals surface area contributed by atoms with Crippen molar-refractivity contribution in [3.8, 4) is 0 Å². The summed E-state index contributed by atoms with van der Waals surface area (Å²) >= 11 is 0. The smallest absolute Gasteiger partial charge is 0.105 e. The van der Waals surface area contributed by atoms with Crippen molar-refractivity contribution in [2.75, 3.05) is 18.0 Å². The van der Waals surface area contributed by atoms with E-state index >= 15 is 0 Å². The first-order valence-electron chi connectivity index (χ1n) is 4.35. The molecule has 60 valence electrons. The molecular formula is C9H14N2. The summed E-state index contributed by atoms with van der Waals surface area (Å²) in [5.41, 5.74) is 0. The van der Waals surface area contributed by atoms with Crippen LogP contribution in [-0.2, 0) is 0 Å². The molecule has 2 heteroatoms. The van der Waals surface area contributed by atoms with Gasteiger partial charge in [-0.25, -0.2) is 0 Å². The molecule has 0 spiro atoms. The number of nitrogens with one attached hydrogen (secondary N) is 1. The second kappa shape index (κ2) is 2.99. The zero-order valence-corrected chi connectivity index (χ0v) is 6.71. The van der Waals surface area contributed by atoms with Crippen LogP contribution in [0.3, 0.4) is 0 Å². The van der Waals surface area contributed by atoms with E-state index in [-0.39, 0.29) is 0 Å². The first kappa shape index (κ1) is 6.77. The fourth-order valence-corrected chi connectivity index (χ4v) is 1.65. The monoisotopic (exact) mass is 150 g/mol. The molecular weight excluding hydrogens is 136 g/mol. The molecule has 0 unspecified atom stereocenters. The lowest BCUT2D eigenvalue weighted by Gasteiger charge is -2.27. The number of hydrogen-bond acceptors (Lipinski definition) is 1. The van der Waals surface area contributed by atoms with E-state index in [1.807, 2.05) is 6.20 Å². The van der Waals surface area contributed by atoms with Crippen LogP contribution in [0.2, 0.25) is 0 Å². The van der Waals surface area contributed by atoms with Crippen LogP contribution in [-0.4, -0.2) is 18.1 Å². The topological polar surface area (TPSA) is 19.0 Å².